The summed E-state index contributed by atoms with van der Waals surface area (Å²) in [6.07, 6.45) is 4.31. The van der Waals surface area contributed by atoms with Crippen LogP contribution in [0.2, 0.25) is 0 Å². The van der Waals surface area contributed by atoms with Gasteiger partial charge in [0.1, 0.15) is 18.8 Å². The topological polar surface area (TPSA) is 66.4 Å². The molecule has 0 amide bonds. The highest BCUT2D eigenvalue weighted by molar-refractivity contribution is 4.92. The molecular weight excluding hydrogens is 276 g/mol. The smallest absolute Gasteiger partial charge is 0.164 e. The molecule has 1 unspecified atom stereocenters. The minimum absolute atomic E-state index is 0.191. The van der Waals surface area contributed by atoms with Crippen LogP contribution in [0, 0.1) is 12.3 Å². The number of ether oxygens (including phenoxy) is 5. The van der Waals surface area contributed by atoms with E-state index in [9.17, 15) is 5.11 Å². The first kappa shape index (κ1) is 16.7. The maximum absolute atomic E-state index is 9.74. The van der Waals surface area contributed by atoms with Crippen LogP contribution in [0.5, 0.6) is 0 Å². The van der Waals surface area contributed by atoms with Crippen molar-refractivity contribution in [2.24, 2.45) is 0 Å². The second-order valence-corrected chi connectivity index (χ2v) is 6.25. The summed E-state index contributed by atoms with van der Waals surface area (Å²) < 4.78 is 28.3. The molecule has 6 heteroatoms. The van der Waals surface area contributed by atoms with Gasteiger partial charge in [0.25, 0.3) is 0 Å². The Bertz CT molecular complexity index is 394. The molecule has 0 spiro atoms. The van der Waals surface area contributed by atoms with E-state index in [2.05, 4.69) is 5.92 Å². The Balaban J connectivity index is 2.01. The lowest BCUT2D eigenvalue weighted by molar-refractivity contribution is -0.275. The Morgan fingerprint density at radius 1 is 1.43 bits per heavy atom. The van der Waals surface area contributed by atoms with Crippen molar-refractivity contribution in [2.45, 2.75) is 70.3 Å². The minimum atomic E-state index is -1.28. The van der Waals surface area contributed by atoms with Crippen LogP contribution in [-0.4, -0.2) is 54.5 Å². The average molecular weight is 300 g/mol. The molecule has 4 atom stereocenters. The van der Waals surface area contributed by atoms with E-state index in [-0.39, 0.29) is 24.9 Å². The summed E-state index contributed by atoms with van der Waals surface area (Å²) in [5.41, 5.74) is 0. The quantitative estimate of drug-likeness (QED) is 0.604. The Hall–Kier alpha value is -0.680. The van der Waals surface area contributed by atoms with Gasteiger partial charge in [-0.15, -0.1) is 6.42 Å². The van der Waals surface area contributed by atoms with Crippen molar-refractivity contribution in [3.63, 3.8) is 0 Å². The molecule has 6 nitrogen and oxygen atoms in total. The number of hydrogen-bond acceptors (Lipinski definition) is 6. The molecule has 2 heterocycles. The summed E-state index contributed by atoms with van der Waals surface area (Å²) in [5.74, 6) is 0.531. The Kier molecular flexibility index (Phi) is 4.93. The van der Waals surface area contributed by atoms with E-state index in [0.717, 1.165) is 0 Å². The van der Waals surface area contributed by atoms with Gasteiger partial charge in [-0.3, -0.25) is 0 Å². The first-order valence-electron chi connectivity index (χ1n) is 7.13. The lowest BCUT2D eigenvalue weighted by Crippen LogP contribution is -2.39. The predicted molar refractivity (Wildman–Crippen MR) is 74.1 cm³/mol. The number of rotatable bonds is 5. The van der Waals surface area contributed by atoms with Crippen LogP contribution >= 0.6 is 0 Å². The molecule has 0 aromatic rings. The van der Waals surface area contributed by atoms with Crippen molar-refractivity contribution in [1.29, 1.82) is 0 Å². The predicted octanol–water partition coefficient (Wildman–Crippen LogP) is 1.02. The van der Waals surface area contributed by atoms with Gasteiger partial charge < -0.3 is 28.8 Å². The Morgan fingerprint density at radius 2 is 2.14 bits per heavy atom. The number of hydrogen-bond donors (Lipinski definition) is 1. The standard InChI is InChI=1S/C15H24O6/c1-6-7-17-10-8-12(21-14(2,3)16)19-13(10)11-9-18-15(4,5)20-11/h1,10-13,16H,7-9H2,2-5H3/t10-,11?,12-,13+/m1/s1. The fourth-order valence-corrected chi connectivity index (χ4v) is 2.56. The van der Waals surface area contributed by atoms with Crippen molar-refractivity contribution in [1.82, 2.24) is 0 Å². The Labute approximate surface area is 125 Å². The largest absolute Gasteiger partial charge is 0.366 e. The van der Waals surface area contributed by atoms with E-state index in [4.69, 9.17) is 30.1 Å². The molecule has 0 aliphatic carbocycles. The van der Waals surface area contributed by atoms with Gasteiger partial charge in [0.2, 0.25) is 0 Å². The normalized spacial score (nSPS) is 35.8. The number of aliphatic hydroxyl groups is 1. The summed E-state index contributed by atoms with van der Waals surface area (Å²) in [5, 5.41) is 9.74. The summed E-state index contributed by atoms with van der Waals surface area (Å²) in [6.45, 7) is 7.42. The Morgan fingerprint density at radius 3 is 2.67 bits per heavy atom. The second kappa shape index (κ2) is 6.21. The van der Waals surface area contributed by atoms with Crippen LogP contribution in [0.15, 0.2) is 0 Å². The van der Waals surface area contributed by atoms with Gasteiger partial charge in [-0.2, -0.15) is 0 Å². The van der Waals surface area contributed by atoms with Gasteiger partial charge >= 0.3 is 0 Å². The summed E-state index contributed by atoms with van der Waals surface area (Å²) in [7, 11) is 0. The zero-order valence-corrected chi connectivity index (χ0v) is 13.0. The van der Waals surface area contributed by atoms with Crippen molar-refractivity contribution < 1.29 is 28.8 Å². The van der Waals surface area contributed by atoms with E-state index in [1.807, 2.05) is 13.8 Å². The maximum atomic E-state index is 9.74. The van der Waals surface area contributed by atoms with E-state index >= 15 is 0 Å². The van der Waals surface area contributed by atoms with Crippen molar-refractivity contribution in [2.75, 3.05) is 13.2 Å². The van der Waals surface area contributed by atoms with Gasteiger partial charge in [-0.05, 0) is 27.7 Å². The highest BCUT2D eigenvalue weighted by Gasteiger charge is 2.48. The van der Waals surface area contributed by atoms with Gasteiger partial charge in [-0.1, -0.05) is 5.92 Å². The van der Waals surface area contributed by atoms with Gasteiger partial charge in [0.05, 0.1) is 12.7 Å². The van der Waals surface area contributed by atoms with Crippen LogP contribution in [0.1, 0.15) is 34.1 Å². The fourth-order valence-electron chi connectivity index (χ4n) is 2.56. The van der Waals surface area contributed by atoms with E-state index < -0.39 is 17.9 Å². The first-order chi connectivity index (χ1) is 9.70. The van der Waals surface area contributed by atoms with Crippen molar-refractivity contribution in [3.05, 3.63) is 0 Å². The molecule has 120 valence electrons. The fraction of sp³-hybridized carbons (Fsp3) is 0.867. The van der Waals surface area contributed by atoms with Crippen molar-refractivity contribution >= 4 is 0 Å². The zero-order valence-electron chi connectivity index (χ0n) is 13.0. The molecule has 2 saturated heterocycles. The highest BCUT2D eigenvalue weighted by Crippen LogP contribution is 2.34. The number of terminal acetylenes is 1. The van der Waals surface area contributed by atoms with Crippen molar-refractivity contribution in [3.8, 4) is 12.3 Å². The second-order valence-electron chi connectivity index (χ2n) is 6.25. The molecule has 2 aliphatic rings. The van der Waals surface area contributed by atoms with Crippen LogP contribution in [0.4, 0.5) is 0 Å². The minimum Gasteiger partial charge on any atom is -0.366 e. The average Bonchev–Trinajstić information content (AvgIpc) is 2.87. The molecule has 0 saturated carbocycles. The maximum Gasteiger partial charge on any atom is 0.164 e. The molecule has 2 rings (SSSR count). The molecular formula is C15H24O6. The molecule has 0 aromatic heterocycles. The molecule has 1 N–H and O–H groups in total. The lowest BCUT2D eigenvalue weighted by atomic mass is 10.1. The highest BCUT2D eigenvalue weighted by atomic mass is 16.8. The third-order valence-electron chi connectivity index (χ3n) is 3.30. The van der Waals surface area contributed by atoms with E-state index in [1.54, 1.807) is 13.8 Å². The summed E-state index contributed by atoms with van der Waals surface area (Å²) in [6, 6.07) is 0. The molecule has 21 heavy (non-hydrogen) atoms. The SMILES string of the molecule is C#CCO[C@@H]1C[C@@H](OC(C)(C)O)O[C@@H]1C1COC(C)(C)O1. The van der Waals surface area contributed by atoms with Gasteiger partial charge in [-0.25, -0.2) is 0 Å². The first-order valence-corrected chi connectivity index (χ1v) is 7.13. The summed E-state index contributed by atoms with van der Waals surface area (Å²) in [4.78, 5) is 0. The molecule has 0 aromatic carbocycles. The van der Waals surface area contributed by atoms with Crippen LogP contribution < -0.4 is 0 Å². The third kappa shape index (κ3) is 4.65. The van der Waals surface area contributed by atoms with Crippen LogP contribution in [0.3, 0.4) is 0 Å². The zero-order chi connectivity index (χ0) is 15.7. The van der Waals surface area contributed by atoms with Crippen LogP contribution in [-0.2, 0) is 23.7 Å². The lowest BCUT2D eigenvalue weighted by Gasteiger charge is -2.25. The molecule has 0 radical (unpaired) electrons. The molecule has 0 bridgehead atoms. The molecule has 2 aliphatic heterocycles. The summed E-state index contributed by atoms with van der Waals surface area (Å²) >= 11 is 0. The van der Waals surface area contributed by atoms with Gasteiger partial charge in [0.15, 0.2) is 17.9 Å². The van der Waals surface area contributed by atoms with E-state index in [0.29, 0.717) is 13.0 Å². The van der Waals surface area contributed by atoms with Crippen LogP contribution in [0.25, 0.3) is 0 Å². The van der Waals surface area contributed by atoms with E-state index in [1.165, 1.54) is 0 Å². The van der Waals surface area contributed by atoms with Gasteiger partial charge in [0, 0.05) is 6.42 Å². The monoisotopic (exact) mass is 300 g/mol. The third-order valence-corrected chi connectivity index (χ3v) is 3.30. The molecule has 2 fully saturated rings.